The quantitative estimate of drug-likeness (QED) is 0.307. The average Bonchev–Trinajstić information content (AvgIpc) is 2.45. The van der Waals surface area contributed by atoms with Gasteiger partial charge in [0.25, 0.3) is 0 Å². The van der Waals surface area contributed by atoms with Crippen molar-refractivity contribution in [1.82, 2.24) is 10.6 Å². The summed E-state index contributed by atoms with van der Waals surface area (Å²) in [7, 11) is -0.900. The monoisotopic (exact) mass is 419 g/mol. The number of halogens is 1. The first-order chi connectivity index (χ1) is 9.76. The molecule has 0 aliphatic heterocycles. The van der Waals surface area contributed by atoms with Gasteiger partial charge in [-0.1, -0.05) is 36.3 Å². The molecule has 0 saturated heterocycles. The molecule has 0 heterocycles. The number of benzene rings is 1. The zero-order chi connectivity index (χ0) is 14.6. The van der Waals surface area contributed by atoms with Crippen molar-refractivity contribution in [3.63, 3.8) is 0 Å². The molecule has 21 heavy (non-hydrogen) atoms. The first kappa shape index (κ1) is 19.9. The second-order valence-corrected chi connectivity index (χ2v) is 5.67. The maximum Gasteiger partial charge on any atom is 0.192 e. The van der Waals surface area contributed by atoms with Gasteiger partial charge in [-0.25, -0.2) is 0 Å². The van der Waals surface area contributed by atoms with E-state index in [0.717, 1.165) is 12.1 Å². The summed E-state index contributed by atoms with van der Waals surface area (Å²) in [6, 6.07) is 9.84. The lowest BCUT2D eigenvalue weighted by Crippen LogP contribution is -2.37. The molecule has 1 unspecified atom stereocenters. The van der Waals surface area contributed by atoms with Crippen molar-refractivity contribution >= 4 is 40.7 Å². The lowest BCUT2D eigenvalue weighted by atomic mass is 10.2. The number of nitrogens with zero attached hydrogens (tertiary/aromatic N) is 1. The van der Waals surface area contributed by atoms with Crippen molar-refractivity contribution in [1.29, 1.82) is 0 Å². The number of hydrogen-bond acceptors (Lipinski definition) is 2. The Labute approximate surface area is 146 Å². The summed E-state index contributed by atoms with van der Waals surface area (Å²) >= 11 is 0. The van der Waals surface area contributed by atoms with E-state index in [-0.39, 0.29) is 24.0 Å². The second-order valence-electron chi connectivity index (χ2n) is 4.09. The Morgan fingerprint density at radius 3 is 2.67 bits per heavy atom. The number of hydrogen-bond donors (Lipinski definition) is 2. The van der Waals surface area contributed by atoms with Gasteiger partial charge in [0.1, 0.15) is 0 Å². The summed E-state index contributed by atoms with van der Waals surface area (Å²) in [6.45, 7) is 3.70. The Kier molecular flexibility index (Phi) is 12.0. The Morgan fingerprint density at radius 1 is 1.33 bits per heavy atom. The molecule has 0 fully saturated rings. The van der Waals surface area contributed by atoms with E-state index in [0.29, 0.717) is 30.6 Å². The fourth-order valence-corrected chi connectivity index (χ4v) is 2.57. The fourth-order valence-electron chi connectivity index (χ4n) is 1.57. The van der Waals surface area contributed by atoms with Crippen molar-refractivity contribution in [2.75, 3.05) is 25.4 Å². The number of aliphatic imine (C=N–C) groups is 1. The molecule has 0 amide bonds. The highest BCUT2D eigenvalue weighted by Crippen LogP contribution is 2.02. The molecule has 2 N–H and O–H groups in total. The molecule has 0 aliphatic rings. The van der Waals surface area contributed by atoms with Crippen LogP contribution in [0, 0.1) is 12.3 Å². The topological polar surface area (TPSA) is 53.5 Å². The first-order valence-corrected chi connectivity index (χ1v) is 8.09. The third-order valence-electron chi connectivity index (χ3n) is 2.46. The predicted molar refractivity (Wildman–Crippen MR) is 101 cm³/mol. The van der Waals surface area contributed by atoms with Crippen molar-refractivity contribution in [3.8, 4) is 12.3 Å². The molecule has 0 saturated carbocycles. The van der Waals surface area contributed by atoms with Crippen LogP contribution in [0.5, 0.6) is 0 Å². The number of guanidine groups is 1. The lowest BCUT2D eigenvalue weighted by Gasteiger charge is -2.08. The van der Waals surface area contributed by atoms with Gasteiger partial charge < -0.3 is 10.6 Å². The maximum atomic E-state index is 11.9. The molecule has 0 spiro atoms. The van der Waals surface area contributed by atoms with Crippen molar-refractivity contribution in [2.45, 2.75) is 12.7 Å². The minimum absolute atomic E-state index is 0. The molecule has 6 heteroatoms. The molecule has 4 nitrogen and oxygen atoms in total. The summed E-state index contributed by atoms with van der Waals surface area (Å²) in [5.74, 6) is 4.28. The van der Waals surface area contributed by atoms with Gasteiger partial charge >= 0.3 is 0 Å². The second kappa shape index (κ2) is 12.7. The molecule has 116 valence electrons. The third-order valence-corrected chi connectivity index (χ3v) is 3.75. The largest absolute Gasteiger partial charge is 0.357 e. The van der Waals surface area contributed by atoms with Gasteiger partial charge in [0.2, 0.25) is 0 Å². The van der Waals surface area contributed by atoms with Gasteiger partial charge in [0.05, 0.1) is 13.1 Å². The Balaban J connectivity index is 0.00000400. The van der Waals surface area contributed by atoms with Gasteiger partial charge in [0, 0.05) is 28.9 Å². The van der Waals surface area contributed by atoms with E-state index in [9.17, 15) is 4.21 Å². The standard InChI is InChI=1S/C15H21N3OS.HI/c1-3-10-17-15(16-4-2)18-11-12-20(19)13-14-8-6-5-7-9-14;/h1,5-9H,4,10-13H2,2H3,(H2,16,17,18);1H. The van der Waals surface area contributed by atoms with Gasteiger partial charge in [-0.3, -0.25) is 9.20 Å². The molecular formula is C15H22IN3OS. The van der Waals surface area contributed by atoms with E-state index in [1.807, 2.05) is 37.3 Å². The van der Waals surface area contributed by atoms with E-state index in [2.05, 4.69) is 21.5 Å². The van der Waals surface area contributed by atoms with E-state index in [1.54, 1.807) is 0 Å². The van der Waals surface area contributed by atoms with Crippen LogP contribution in [0.15, 0.2) is 35.3 Å². The maximum absolute atomic E-state index is 11.9. The van der Waals surface area contributed by atoms with Crippen LogP contribution in [-0.2, 0) is 16.6 Å². The predicted octanol–water partition coefficient (Wildman–Crippen LogP) is 1.74. The fraction of sp³-hybridized carbons (Fsp3) is 0.400. The minimum Gasteiger partial charge on any atom is -0.357 e. The van der Waals surface area contributed by atoms with E-state index < -0.39 is 10.8 Å². The van der Waals surface area contributed by atoms with Crippen LogP contribution in [0.25, 0.3) is 0 Å². The van der Waals surface area contributed by atoms with E-state index in [1.165, 1.54) is 0 Å². The molecule has 0 aliphatic carbocycles. The van der Waals surface area contributed by atoms with Crippen molar-refractivity contribution in [2.24, 2.45) is 4.99 Å². The summed E-state index contributed by atoms with van der Waals surface area (Å²) in [5.41, 5.74) is 1.09. The Morgan fingerprint density at radius 2 is 2.05 bits per heavy atom. The van der Waals surface area contributed by atoms with Gasteiger partial charge in [-0.15, -0.1) is 30.4 Å². The summed E-state index contributed by atoms with van der Waals surface area (Å²) in [6.07, 6.45) is 5.19. The number of nitrogens with one attached hydrogen (secondary N) is 2. The van der Waals surface area contributed by atoms with Crippen LogP contribution in [0.3, 0.4) is 0 Å². The normalized spacial score (nSPS) is 11.9. The molecule has 1 aromatic carbocycles. The Bertz CT molecular complexity index is 485. The van der Waals surface area contributed by atoms with Gasteiger partial charge in [-0.2, -0.15) is 0 Å². The molecular weight excluding hydrogens is 397 g/mol. The summed E-state index contributed by atoms with van der Waals surface area (Å²) < 4.78 is 11.9. The Hall–Kier alpha value is -1.07. The molecule has 0 bridgehead atoms. The first-order valence-electron chi connectivity index (χ1n) is 6.60. The van der Waals surface area contributed by atoms with Crippen LogP contribution in [-0.4, -0.2) is 35.6 Å². The van der Waals surface area contributed by atoms with Crippen LogP contribution in [0.2, 0.25) is 0 Å². The smallest absolute Gasteiger partial charge is 0.192 e. The molecule has 1 atom stereocenters. The molecule has 1 rings (SSSR count). The zero-order valence-corrected chi connectivity index (χ0v) is 15.3. The van der Waals surface area contributed by atoms with Crippen LogP contribution < -0.4 is 10.6 Å². The van der Waals surface area contributed by atoms with Crippen LogP contribution in [0.1, 0.15) is 12.5 Å². The van der Waals surface area contributed by atoms with Crippen molar-refractivity contribution in [3.05, 3.63) is 35.9 Å². The molecule has 0 radical (unpaired) electrons. The summed E-state index contributed by atoms with van der Waals surface area (Å²) in [4.78, 5) is 4.34. The highest BCUT2D eigenvalue weighted by atomic mass is 127. The SMILES string of the molecule is C#CCNC(=NCCS(=O)Cc1ccccc1)NCC.I. The molecule has 1 aromatic rings. The highest BCUT2D eigenvalue weighted by molar-refractivity contribution is 14.0. The lowest BCUT2D eigenvalue weighted by molar-refractivity contribution is 0.682. The van der Waals surface area contributed by atoms with Crippen molar-refractivity contribution < 1.29 is 4.21 Å². The number of terminal acetylenes is 1. The zero-order valence-electron chi connectivity index (χ0n) is 12.2. The number of rotatable bonds is 7. The van der Waals surface area contributed by atoms with Crippen LogP contribution >= 0.6 is 24.0 Å². The van der Waals surface area contributed by atoms with E-state index in [4.69, 9.17) is 6.42 Å². The van der Waals surface area contributed by atoms with E-state index >= 15 is 0 Å². The molecule has 0 aromatic heterocycles. The highest BCUT2D eigenvalue weighted by Gasteiger charge is 2.01. The van der Waals surface area contributed by atoms with Crippen LogP contribution in [0.4, 0.5) is 0 Å². The third kappa shape index (κ3) is 9.47. The van der Waals surface area contributed by atoms with Gasteiger partial charge in [-0.05, 0) is 12.5 Å². The van der Waals surface area contributed by atoms with Gasteiger partial charge in [0.15, 0.2) is 5.96 Å². The minimum atomic E-state index is -0.900. The average molecular weight is 419 g/mol. The summed E-state index contributed by atoms with van der Waals surface area (Å²) in [5, 5.41) is 6.08.